The molecule has 5 heteroatoms. The molecule has 0 aromatic carbocycles. The van der Waals surface area contributed by atoms with Crippen LogP contribution in [-0.2, 0) is 4.43 Å². The number of hydrogen-bond acceptors (Lipinski definition) is 1. The van der Waals surface area contributed by atoms with E-state index in [2.05, 4.69) is 167 Å². The maximum absolute atomic E-state index is 5.08. The summed E-state index contributed by atoms with van der Waals surface area (Å²) >= 11 is 0. The van der Waals surface area contributed by atoms with Gasteiger partial charge in [0.15, 0.2) is 8.32 Å². The van der Waals surface area contributed by atoms with Crippen molar-refractivity contribution in [3.8, 4) is 0 Å². The minimum absolute atomic E-state index is 0. The van der Waals surface area contributed by atoms with E-state index in [0.717, 1.165) is 0 Å². The third kappa shape index (κ3) is 13000. The summed E-state index contributed by atoms with van der Waals surface area (Å²) in [5.74, 6) is 0. The van der Waals surface area contributed by atoms with Crippen LogP contribution in [0.15, 0.2) is 0 Å². The van der Waals surface area contributed by atoms with E-state index >= 15 is 0 Å². The molecule has 0 bridgehead atoms. The van der Waals surface area contributed by atoms with Gasteiger partial charge in [0, 0.05) is 31.3 Å². The third-order valence-electron chi connectivity index (χ3n) is 0.612. The second-order valence-electron chi connectivity index (χ2n) is 18.0. The maximum atomic E-state index is 5.08. The van der Waals surface area contributed by atoms with Crippen LogP contribution >= 0.6 is 0 Å². The van der Waals surface area contributed by atoms with Gasteiger partial charge in [-0.15, -0.1) is 0 Å². The van der Waals surface area contributed by atoms with Gasteiger partial charge in [-0.25, -0.2) is 0 Å². The highest BCUT2D eigenvalue weighted by molar-refractivity contribution is 6.75. The van der Waals surface area contributed by atoms with E-state index in [1.807, 2.05) is 27.7 Å². The molecule has 0 aromatic heterocycles. The van der Waals surface area contributed by atoms with Crippen molar-refractivity contribution >= 4 is 32.5 Å². The molecule has 0 unspecified atom stereocenters. The van der Waals surface area contributed by atoms with Crippen LogP contribution in [-0.4, -0.2) is 39.6 Å². The van der Waals surface area contributed by atoms with Crippen molar-refractivity contribution in [3.05, 3.63) is 0 Å². The van der Waals surface area contributed by atoms with Gasteiger partial charge < -0.3 is 4.43 Å². The first-order valence-electron chi connectivity index (χ1n) is 15.5. The highest BCUT2D eigenvalue weighted by atomic mass is 28.4. The molecule has 0 radical (unpaired) electrons. The highest BCUT2D eigenvalue weighted by Crippen LogP contribution is 2.08. The molecule has 0 spiro atoms. The monoisotopic (exact) mass is 953 g/mol. The van der Waals surface area contributed by atoms with Crippen LogP contribution in [0.5, 0.6) is 0 Å². The number of hydrogen-bond donors (Lipinski definition) is 0. The molecule has 0 atom stereocenters. The predicted molar refractivity (Wildman–Crippen MR) is 348 cm³/mol. The Hall–Kier alpha value is 0.828. The second kappa shape index (κ2) is 130. The molecule has 0 aliphatic carbocycles. The molecule has 0 saturated carbocycles. The Morgan fingerprint density at radius 1 is 0.271 bits per heavy atom. The summed E-state index contributed by atoms with van der Waals surface area (Å²) in [6.07, 6.45) is 1.25. The molecule has 0 amide bonds. The van der Waals surface area contributed by atoms with E-state index in [1.54, 1.807) is 7.11 Å². The molecule has 0 aliphatic heterocycles. The van der Waals surface area contributed by atoms with Crippen LogP contribution in [0.4, 0.5) is 0 Å². The van der Waals surface area contributed by atoms with E-state index in [4.69, 9.17) is 4.43 Å². The van der Waals surface area contributed by atoms with E-state index in [0.29, 0.717) is 10.8 Å². The lowest BCUT2D eigenvalue weighted by molar-refractivity contribution is 0.411. The molecule has 0 aliphatic rings. The zero-order chi connectivity index (χ0) is 34.4. The van der Waals surface area contributed by atoms with Crippen LogP contribution < -0.4 is 0 Å². The zero-order valence-corrected chi connectivity index (χ0v) is 38.1. The quantitative estimate of drug-likeness (QED) is 0.238. The first kappa shape index (κ1) is 233. The third-order valence-corrected chi connectivity index (χ3v) is 1.84. The molecule has 1 nitrogen and oxygen atoms in total. The summed E-state index contributed by atoms with van der Waals surface area (Å²) in [4.78, 5) is 0. The number of rotatable bonds is 1. The highest BCUT2D eigenvalue weighted by Gasteiger charge is 2.09. The molecule has 0 aromatic rings. The molecular formula is C54H176OSi4. The minimum Gasteiger partial charge on any atom is -0.421 e. The first-order valence-corrected chi connectivity index (χ1v) is 30.9. The Balaban J connectivity index is -0.00000000555. The Morgan fingerprint density at radius 2 is 0.288 bits per heavy atom. The molecule has 0 N–H and O–H groups in total. The van der Waals surface area contributed by atoms with Gasteiger partial charge >= 0.3 is 0 Å². The first-order chi connectivity index (χ1) is 16.0. The van der Waals surface area contributed by atoms with Crippen molar-refractivity contribution < 1.29 is 4.43 Å². The summed E-state index contributed by atoms with van der Waals surface area (Å²) < 4.78 is 5.08. The van der Waals surface area contributed by atoms with Crippen molar-refractivity contribution in [1.82, 2.24) is 0 Å². The van der Waals surface area contributed by atoms with Gasteiger partial charge in [0.1, 0.15) is 0 Å². The van der Waals surface area contributed by atoms with Crippen LogP contribution in [0.2, 0.25) is 98.2 Å². The van der Waals surface area contributed by atoms with Crippen molar-refractivity contribution in [1.29, 1.82) is 0 Å². The Labute approximate surface area is 410 Å². The standard InChI is InChI=1S/2C5H12.C4H12OSi.3C4H12Si.C3H8.2C2H6.21CH4/c2*1-5(2,3)4;1-5-6(2,3)4;3*1-5(2,3)4;1-3-2;2*1-2;;;;;;;;;;;;;;;;;;;;;/h2*1-4H3;1-4H3;3*1-4H3;3H2,1-2H3;2*1-2H3;21*1H4. The fourth-order valence-corrected chi connectivity index (χ4v) is 0. The zero-order valence-electron chi connectivity index (χ0n) is 34.1. The van der Waals surface area contributed by atoms with Gasteiger partial charge in [-0.3, -0.25) is 0 Å². The van der Waals surface area contributed by atoms with Crippen LogP contribution in [0.3, 0.4) is 0 Å². The van der Waals surface area contributed by atoms with Gasteiger partial charge in [-0.2, -0.15) is 0 Å². The average molecular weight is 954 g/mol. The van der Waals surface area contributed by atoms with Gasteiger partial charge in [-0.05, 0) is 30.5 Å². The van der Waals surface area contributed by atoms with Crippen molar-refractivity contribution in [2.24, 2.45) is 10.8 Å². The second-order valence-corrected chi connectivity index (χ2v) is 40.7. The van der Waals surface area contributed by atoms with Gasteiger partial charge in [0.25, 0.3) is 0 Å². The maximum Gasteiger partial charge on any atom is 0.183 e. The van der Waals surface area contributed by atoms with Gasteiger partial charge in [0.2, 0.25) is 0 Å². The van der Waals surface area contributed by atoms with Crippen LogP contribution in [0, 0.1) is 10.8 Å². The molecule has 0 rings (SSSR count). The normalized spacial score (nSPS) is 6.81. The lowest BCUT2D eigenvalue weighted by Crippen LogP contribution is -2.22. The van der Waals surface area contributed by atoms with Gasteiger partial charge in [-0.1, -0.05) is 338 Å². The molecule has 0 fully saturated rings. The summed E-state index contributed by atoms with van der Waals surface area (Å²) in [5, 5.41) is 0. The van der Waals surface area contributed by atoms with E-state index < -0.39 is 32.5 Å². The van der Waals surface area contributed by atoms with E-state index in [9.17, 15) is 0 Å². The SMILES string of the molecule is C.C.C.C.C.C.C.C.C.C.C.C.C.C.C.C.C.C.C.C.C.CC.CC.CC(C)(C)C.CC(C)(C)C.CCC.CO[Si](C)(C)C.C[Si](C)(C)C.C[Si](C)(C)C.C[Si](C)(C)C. The molecule has 59 heavy (non-hydrogen) atoms. The summed E-state index contributed by atoms with van der Waals surface area (Å²) in [6.45, 7) is 64.1. The van der Waals surface area contributed by atoms with Gasteiger partial charge in [0.05, 0.1) is 0 Å². The predicted octanol–water partition coefficient (Wildman–Crippen LogP) is 28.3. The molecule has 414 valence electrons. The largest absolute Gasteiger partial charge is 0.421 e. The van der Waals surface area contributed by atoms with Crippen molar-refractivity contribution in [2.45, 2.75) is 358 Å². The Morgan fingerprint density at radius 3 is 0.288 bits per heavy atom. The smallest absolute Gasteiger partial charge is 0.183 e. The fourth-order valence-electron chi connectivity index (χ4n) is 0. The minimum atomic E-state index is -1.13. The van der Waals surface area contributed by atoms with Crippen molar-refractivity contribution in [3.63, 3.8) is 0 Å². The Kier molecular flexibility index (Phi) is 515. The lowest BCUT2D eigenvalue weighted by Gasteiger charge is -2.10. The summed E-state index contributed by atoms with van der Waals surface area (Å²) in [6, 6.07) is 0. The van der Waals surface area contributed by atoms with E-state index in [-0.39, 0.29) is 156 Å². The fraction of sp³-hybridized carbons (Fsp3) is 1.00. The summed E-state index contributed by atoms with van der Waals surface area (Å²) in [7, 11) is -1.19. The van der Waals surface area contributed by atoms with Crippen LogP contribution in [0.25, 0.3) is 0 Å². The Bertz CT molecular complexity index is 270. The molecule has 0 heterocycles. The molecule has 0 saturated heterocycles. The molecular weight excluding hydrogens is 777 g/mol. The summed E-state index contributed by atoms with van der Waals surface area (Å²) in [5.41, 5.74) is 1.00. The van der Waals surface area contributed by atoms with Crippen molar-refractivity contribution in [2.75, 3.05) is 7.11 Å². The van der Waals surface area contributed by atoms with E-state index in [1.165, 1.54) is 6.42 Å². The lowest BCUT2D eigenvalue weighted by atomic mass is 10.0. The topological polar surface area (TPSA) is 9.23 Å². The average Bonchev–Trinajstić information content (AvgIpc) is 2.51. The van der Waals surface area contributed by atoms with Crippen LogP contribution in [0.1, 0.15) is 259 Å².